The first-order valence-corrected chi connectivity index (χ1v) is 4.97. The zero-order valence-electron chi connectivity index (χ0n) is 9.22. The number of aliphatic carboxylic acids is 2. The van der Waals surface area contributed by atoms with E-state index in [9.17, 15) is 9.59 Å². The molecule has 4 heteroatoms. The lowest BCUT2D eigenvalue weighted by molar-refractivity contribution is -0.138. The number of hydrogen-bond acceptors (Lipinski definition) is 2. The van der Waals surface area contributed by atoms with E-state index in [4.69, 9.17) is 10.2 Å². The fraction of sp³-hybridized carbons (Fsp3) is 0.333. The predicted molar refractivity (Wildman–Crippen MR) is 60.3 cm³/mol. The van der Waals surface area contributed by atoms with Gasteiger partial charge >= 0.3 is 11.9 Å². The van der Waals surface area contributed by atoms with Crippen LogP contribution in [0.1, 0.15) is 24.8 Å². The Morgan fingerprint density at radius 2 is 1.44 bits per heavy atom. The van der Waals surface area contributed by atoms with Crippen molar-refractivity contribution in [1.82, 2.24) is 0 Å². The Balaban J connectivity index is 0.000000288. The first-order chi connectivity index (χ1) is 7.52. The van der Waals surface area contributed by atoms with Crippen LogP contribution in [0.4, 0.5) is 0 Å². The predicted octanol–water partition coefficient (Wildman–Crippen LogP) is 2.32. The lowest BCUT2D eigenvalue weighted by Gasteiger charge is -1.89. The Morgan fingerprint density at radius 3 is 1.69 bits per heavy atom. The fourth-order valence-corrected chi connectivity index (χ4v) is 0.925. The summed E-state index contributed by atoms with van der Waals surface area (Å²) in [7, 11) is 0. The molecule has 1 aromatic carbocycles. The van der Waals surface area contributed by atoms with Crippen molar-refractivity contribution in [3.05, 3.63) is 35.9 Å². The number of hydrogen-bond donors (Lipinski definition) is 2. The molecule has 16 heavy (non-hydrogen) atoms. The molecule has 1 aromatic rings. The summed E-state index contributed by atoms with van der Waals surface area (Å²) >= 11 is 0. The molecule has 0 atom stereocenters. The van der Waals surface area contributed by atoms with Crippen LogP contribution >= 0.6 is 0 Å². The number of carboxylic acid groups (broad SMARTS) is 2. The van der Waals surface area contributed by atoms with E-state index in [1.807, 2.05) is 18.2 Å². The molecule has 0 aromatic heterocycles. The van der Waals surface area contributed by atoms with Crippen LogP contribution in [-0.4, -0.2) is 22.2 Å². The minimum absolute atomic E-state index is 0.0632. The average Bonchev–Trinajstić information content (AvgIpc) is 2.18. The second-order valence-corrected chi connectivity index (χ2v) is 3.30. The van der Waals surface area contributed by atoms with Gasteiger partial charge in [-0.05, 0) is 13.3 Å². The summed E-state index contributed by atoms with van der Waals surface area (Å²) in [4.78, 5) is 19.6. The lowest BCUT2D eigenvalue weighted by atomic mass is 10.2. The Kier molecular flexibility index (Phi) is 7.49. The number of benzene rings is 1. The monoisotopic (exact) mass is 224 g/mol. The molecule has 0 amide bonds. The molecule has 2 N–H and O–H groups in total. The van der Waals surface area contributed by atoms with Gasteiger partial charge in [-0.25, -0.2) is 0 Å². The Bertz CT molecular complexity index is 305. The Hall–Kier alpha value is -1.84. The van der Waals surface area contributed by atoms with Crippen molar-refractivity contribution in [2.75, 3.05) is 0 Å². The minimum Gasteiger partial charge on any atom is -0.481 e. The third kappa shape index (κ3) is 10.2. The highest BCUT2D eigenvalue weighted by Crippen LogP contribution is 1.93. The minimum atomic E-state index is -0.948. The summed E-state index contributed by atoms with van der Waals surface area (Å²) in [6.07, 6.45) is 0.0866. The van der Waals surface area contributed by atoms with E-state index in [0.717, 1.165) is 0 Å². The number of carboxylic acids is 2. The molecule has 0 unspecified atom stereocenters. The van der Waals surface area contributed by atoms with Crippen molar-refractivity contribution < 1.29 is 19.8 Å². The standard InChI is InChI=1S/C7H8.C5H8O4/c1-7-5-3-2-4-6-7;6-4(7)2-1-3-5(8)9/h2-6H,1H3;1-3H2,(H,6,7)(H,8,9). The van der Waals surface area contributed by atoms with Gasteiger partial charge in [0.2, 0.25) is 0 Å². The Labute approximate surface area is 94.5 Å². The third-order valence-electron chi connectivity index (χ3n) is 1.72. The molecule has 1 rings (SSSR count). The van der Waals surface area contributed by atoms with E-state index in [2.05, 4.69) is 19.1 Å². The van der Waals surface area contributed by atoms with Crippen molar-refractivity contribution in [2.45, 2.75) is 26.2 Å². The van der Waals surface area contributed by atoms with E-state index in [-0.39, 0.29) is 19.3 Å². The molecule has 0 spiro atoms. The average molecular weight is 224 g/mol. The van der Waals surface area contributed by atoms with E-state index < -0.39 is 11.9 Å². The van der Waals surface area contributed by atoms with Crippen molar-refractivity contribution in [3.63, 3.8) is 0 Å². The van der Waals surface area contributed by atoms with Crippen LogP contribution in [0.25, 0.3) is 0 Å². The maximum absolute atomic E-state index is 9.79. The molecule has 0 bridgehead atoms. The van der Waals surface area contributed by atoms with Crippen LogP contribution in [0.15, 0.2) is 30.3 Å². The third-order valence-corrected chi connectivity index (χ3v) is 1.72. The van der Waals surface area contributed by atoms with Crippen molar-refractivity contribution >= 4 is 11.9 Å². The van der Waals surface area contributed by atoms with Crippen LogP contribution in [0, 0.1) is 6.92 Å². The number of aryl methyl sites for hydroxylation is 1. The lowest BCUT2D eigenvalue weighted by Crippen LogP contribution is -1.98. The first-order valence-electron chi connectivity index (χ1n) is 4.97. The van der Waals surface area contributed by atoms with Gasteiger partial charge in [0.25, 0.3) is 0 Å². The van der Waals surface area contributed by atoms with Crippen molar-refractivity contribution in [2.24, 2.45) is 0 Å². The van der Waals surface area contributed by atoms with Crippen LogP contribution in [-0.2, 0) is 9.59 Å². The van der Waals surface area contributed by atoms with Crippen LogP contribution < -0.4 is 0 Å². The van der Waals surface area contributed by atoms with Crippen LogP contribution in [0.2, 0.25) is 0 Å². The molecule has 88 valence electrons. The molecule has 0 aliphatic heterocycles. The highest BCUT2D eigenvalue weighted by Gasteiger charge is 1.99. The van der Waals surface area contributed by atoms with E-state index in [1.54, 1.807) is 0 Å². The van der Waals surface area contributed by atoms with Gasteiger partial charge in [0.05, 0.1) is 0 Å². The van der Waals surface area contributed by atoms with Crippen molar-refractivity contribution in [1.29, 1.82) is 0 Å². The smallest absolute Gasteiger partial charge is 0.303 e. The molecule has 4 nitrogen and oxygen atoms in total. The summed E-state index contributed by atoms with van der Waals surface area (Å²) < 4.78 is 0. The number of rotatable bonds is 4. The highest BCUT2D eigenvalue weighted by atomic mass is 16.4. The summed E-state index contributed by atoms with van der Waals surface area (Å²) in [5, 5.41) is 16.1. The quantitative estimate of drug-likeness (QED) is 0.823. The van der Waals surface area contributed by atoms with Gasteiger partial charge < -0.3 is 10.2 Å². The SMILES string of the molecule is Cc1ccccc1.O=C(O)CCCC(=O)O. The largest absolute Gasteiger partial charge is 0.481 e. The zero-order valence-corrected chi connectivity index (χ0v) is 9.22. The van der Waals surface area contributed by atoms with E-state index >= 15 is 0 Å². The maximum Gasteiger partial charge on any atom is 0.303 e. The molecular formula is C12H16O4. The second kappa shape index (κ2) is 8.47. The zero-order chi connectivity index (χ0) is 12.4. The molecule has 0 saturated heterocycles. The van der Waals surface area contributed by atoms with Gasteiger partial charge in [-0.2, -0.15) is 0 Å². The van der Waals surface area contributed by atoms with Crippen LogP contribution in [0.5, 0.6) is 0 Å². The van der Waals surface area contributed by atoms with Gasteiger partial charge in [-0.1, -0.05) is 35.9 Å². The maximum atomic E-state index is 9.79. The second-order valence-electron chi connectivity index (χ2n) is 3.30. The van der Waals surface area contributed by atoms with Gasteiger partial charge in [0.15, 0.2) is 0 Å². The van der Waals surface area contributed by atoms with E-state index in [1.165, 1.54) is 5.56 Å². The molecule has 0 radical (unpaired) electrons. The first kappa shape index (κ1) is 14.2. The highest BCUT2D eigenvalue weighted by molar-refractivity contribution is 5.69. The molecular weight excluding hydrogens is 208 g/mol. The van der Waals surface area contributed by atoms with Gasteiger partial charge in [-0.3, -0.25) is 9.59 Å². The van der Waals surface area contributed by atoms with Crippen molar-refractivity contribution in [3.8, 4) is 0 Å². The molecule has 0 heterocycles. The summed E-state index contributed by atoms with van der Waals surface area (Å²) in [6, 6.07) is 10.3. The van der Waals surface area contributed by atoms with Crippen LogP contribution in [0.3, 0.4) is 0 Å². The topological polar surface area (TPSA) is 74.6 Å². The molecule has 0 aliphatic carbocycles. The number of carbonyl (C=O) groups is 2. The van der Waals surface area contributed by atoms with Gasteiger partial charge in [0.1, 0.15) is 0 Å². The van der Waals surface area contributed by atoms with Gasteiger partial charge in [0, 0.05) is 12.8 Å². The summed E-state index contributed by atoms with van der Waals surface area (Å²) in [5.74, 6) is -1.90. The molecule has 0 saturated carbocycles. The summed E-state index contributed by atoms with van der Waals surface area (Å²) in [5.41, 5.74) is 1.32. The van der Waals surface area contributed by atoms with E-state index in [0.29, 0.717) is 0 Å². The Morgan fingerprint density at radius 1 is 1.00 bits per heavy atom. The fourth-order valence-electron chi connectivity index (χ4n) is 0.925. The van der Waals surface area contributed by atoms with Gasteiger partial charge in [-0.15, -0.1) is 0 Å². The normalized spacial score (nSPS) is 8.81. The molecule has 0 fully saturated rings. The molecule has 0 aliphatic rings. The summed E-state index contributed by atoms with van der Waals surface area (Å²) in [6.45, 7) is 2.08.